The number of rotatable bonds is 4. The van der Waals surface area contributed by atoms with Crippen molar-refractivity contribution in [1.29, 1.82) is 0 Å². The van der Waals surface area contributed by atoms with Gasteiger partial charge in [0.1, 0.15) is 0 Å². The van der Waals surface area contributed by atoms with Crippen LogP contribution in [0.2, 0.25) is 0 Å². The Morgan fingerprint density at radius 3 is 2.94 bits per heavy atom. The van der Waals surface area contributed by atoms with Gasteiger partial charge in [-0.05, 0) is 17.7 Å². The van der Waals surface area contributed by atoms with Crippen molar-refractivity contribution in [1.82, 2.24) is 20.2 Å². The number of pyridine rings is 1. The van der Waals surface area contributed by atoms with E-state index in [0.717, 1.165) is 11.1 Å². The van der Waals surface area contributed by atoms with Crippen LogP contribution in [0, 0.1) is 0 Å². The van der Waals surface area contributed by atoms with Crippen LogP contribution in [0.15, 0.2) is 30.6 Å². The summed E-state index contributed by atoms with van der Waals surface area (Å²) in [5.74, 6) is -0.435. The molecule has 6 nitrogen and oxygen atoms in total. The Hall–Kier alpha value is -2.37. The van der Waals surface area contributed by atoms with Crippen LogP contribution in [-0.2, 0) is 16.1 Å². The first-order valence-electron chi connectivity index (χ1n) is 5.59. The number of aromatic nitrogens is 2. The predicted molar refractivity (Wildman–Crippen MR) is 65.7 cm³/mol. The Morgan fingerprint density at radius 1 is 1.33 bits per heavy atom. The van der Waals surface area contributed by atoms with E-state index < -0.39 is 0 Å². The number of hydrogen-bond donors (Lipinski definition) is 2. The van der Waals surface area contributed by atoms with Crippen LogP contribution in [0.1, 0.15) is 12.5 Å². The Labute approximate surface area is 104 Å². The molecule has 0 saturated heterocycles. The van der Waals surface area contributed by atoms with Gasteiger partial charge >= 0.3 is 0 Å². The van der Waals surface area contributed by atoms with Crippen LogP contribution in [0.4, 0.5) is 0 Å². The summed E-state index contributed by atoms with van der Waals surface area (Å²) >= 11 is 0. The third-order valence-corrected chi connectivity index (χ3v) is 2.50. The summed E-state index contributed by atoms with van der Waals surface area (Å²) < 4.78 is 1.75. The maximum absolute atomic E-state index is 11.4. The largest absolute Gasteiger partial charge is 0.350 e. The topological polar surface area (TPSA) is 75.5 Å². The van der Waals surface area contributed by atoms with E-state index in [0.29, 0.717) is 6.54 Å². The van der Waals surface area contributed by atoms with Crippen LogP contribution >= 0.6 is 0 Å². The Kier molecular flexibility index (Phi) is 3.57. The van der Waals surface area contributed by atoms with E-state index in [2.05, 4.69) is 15.7 Å². The maximum atomic E-state index is 11.4. The van der Waals surface area contributed by atoms with Crippen LogP contribution < -0.4 is 10.6 Å². The molecular formula is C12H14N4O2. The summed E-state index contributed by atoms with van der Waals surface area (Å²) in [5, 5.41) is 9.30. The number of fused-ring (bicyclic) bond motifs is 1. The van der Waals surface area contributed by atoms with Gasteiger partial charge in [0.05, 0.1) is 12.1 Å². The maximum Gasteiger partial charge on any atom is 0.239 e. The lowest BCUT2D eigenvalue weighted by atomic mass is 10.2. The van der Waals surface area contributed by atoms with Gasteiger partial charge in [-0.15, -0.1) is 0 Å². The van der Waals surface area contributed by atoms with Gasteiger partial charge in [-0.1, -0.05) is 6.07 Å². The second kappa shape index (κ2) is 5.31. The minimum absolute atomic E-state index is 0.00227. The van der Waals surface area contributed by atoms with E-state index >= 15 is 0 Å². The Bertz CT molecular complexity index is 576. The fourth-order valence-electron chi connectivity index (χ4n) is 1.62. The second-order valence-electron chi connectivity index (χ2n) is 3.88. The van der Waals surface area contributed by atoms with Crippen LogP contribution in [0.5, 0.6) is 0 Å². The average Bonchev–Trinajstić information content (AvgIpc) is 2.82. The fraction of sp³-hybridized carbons (Fsp3) is 0.250. The molecule has 0 atom stereocenters. The molecule has 0 saturated carbocycles. The molecule has 0 bridgehead atoms. The summed E-state index contributed by atoms with van der Waals surface area (Å²) in [6.45, 7) is 1.78. The van der Waals surface area contributed by atoms with Gasteiger partial charge in [0, 0.05) is 25.9 Å². The van der Waals surface area contributed by atoms with Gasteiger partial charge in [-0.2, -0.15) is 5.10 Å². The fourth-order valence-corrected chi connectivity index (χ4v) is 1.62. The zero-order valence-corrected chi connectivity index (χ0v) is 10.0. The van der Waals surface area contributed by atoms with E-state index in [-0.39, 0.29) is 18.4 Å². The molecule has 6 heteroatoms. The zero-order valence-electron chi connectivity index (χ0n) is 10.0. The van der Waals surface area contributed by atoms with Crippen molar-refractivity contribution in [2.45, 2.75) is 13.5 Å². The van der Waals surface area contributed by atoms with E-state index in [1.807, 2.05) is 24.4 Å². The average molecular weight is 246 g/mol. The molecule has 0 aliphatic carbocycles. The standard InChI is InChI=1S/C12H14N4O2/c1-9(17)13-8-12(18)14-7-10-3-2-6-16-11(10)4-5-15-16/h2-6H,7-8H2,1H3,(H,13,17)(H,14,18). The summed E-state index contributed by atoms with van der Waals surface area (Å²) in [7, 11) is 0. The van der Waals surface area contributed by atoms with Gasteiger partial charge in [0.2, 0.25) is 11.8 Å². The van der Waals surface area contributed by atoms with Crippen LogP contribution in [0.3, 0.4) is 0 Å². The van der Waals surface area contributed by atoms with Crippen molar-refractivity contribution < 1.29 is 9.59 Å². The van der Waals surface area contributed by atoms with Gasteiger partial charge in [0.15, 0.2) is 0 Å². The molecule has 0 aliphatic heterocycles. The Morgan fingerprint density at radius 2 is 2.17 bits per heavy atom. The molecule has 0 fully saturated rings. The Balaban J connectivity index is 1.96. The number of carbonyl (C=O) groups excluding carboxylic acids is 2. The third-order valence-electron chi connectivity index (χ3n) is 2.50. The predicted octanol–water partition coefficient (Wildman–Crippen LogP) is 0.0866. The highest BCUT2D eigenvalue weighted by Crippen LogP contribution is 2.09. The number of amides is 2. The number of nitrogens with one attached hydrogen (secondary N) is 2. The summed E-state index contributed by atoms with van der Waals surface area (Å²) in [6, 6.07) is 5.68. The van der Waals surface area contributed by atoms with Gasteiger partial charge in [-0.25, -0.2) is 4.52 Å². The van der Waals surface area contributed by atoms with Gasteiger partial charge < -0.3 is 10.6 Å². The first kappa shape index (κ1) is 12.1. The summed E-state index contributed by atoms with van der Waals surface area (Å²) in [4.78, 5) is 22.1. The molecule has 0 aromatic carbocycles. The highest BCUT2D eigenvalue weighted by molar-refractivity contribution is 5.83. The number of hydrogen-bond acceptors (Lipinski definition) is 3. The SMILES string of the molecule is CC(=O)NCC(=O)NCc1cccn2nccc12. The van der Waals surface area contributed by atoms with E-state index in [9.17, 15) is 9.59 Å². The molecule has 2 aromatic heterocycles. The first-order chi connectivity index (χ1) is 8.66. The summed E-state index contributed by atoms with van der Waals surface area (Å²) in [6.07, 6.45) is 3.55. The van der Waals surface area contributed by atoms with Crippen molar-refractivity contribution in [3.63, 3.8) is 0 Å². The molecule has 2 amide bonds. The highest BCUT2D eigenvalue weighted by Gasteiger charge is 2.04. The number of nitrogens with zero attached hydrogens (tertiary/aromatic N) is 2. The third kappa shape index (κ3) is 2.85. The zero-order chi connectivity index (χ0) is 13.0. The van der Waals surface area contributed by atoms with Crippen molar-refractivity contribution in [2.75, 3.05) is 6.54 Å². The van der Waals surface area contributed by atoms with Gasteiger partial charge in [-0.3, -0.25) is 9.59 Å². The highest BCUT2D eigenvalue weighted by atomic mass is 16.2. The molecule has 18 heavy (non-hydrogen) atoms. The van der Waals surface area contributed by atoms with Crippen LogP contribution in [0.25, 0.3) is 5.52 Å². The van der Waals surface area contributed by atoms with Crippen molar-refractivity contribution in [2.24, 2.45) is 0 Å². The molecule has 0 spiro atoms. The lowest BCUT2D eigenvalue weighted by Crippen LogP contribution is -2.35. The second-order valence-corrected chi connectivity index (χ2v) is 3.88. The first-order valence-corrected chi connectivity index (χ1v) is 5.59. The minimum Gasteiger partial charge on any atom is -0.350 e. The monoisotopic (exact) mass is 246 g/mol. The minimum atomic E-state index is -0.219. The smallest absolute Gasteiger partial charge is 0.239 e. The summed E-state index contributed by atoms with van der Waals surface area (Å²) in [5.41, 5.74) is 1.93. The molecular weight excluding hydrogens is 232 g/mol. The van der Waals surface area contributed by atoms with Crippen LogP contribution in [-0.4, -0.2) is 28.0 Å². The molecule has 2 heterocycles. The van der Waals surface area contributed by atoms with E-state index in [1.54, 1.807) is 10.7 Å². The molecule has 0 unspecified atom stereocenters. The number of carbonyl (C=O) groups is 2. The lowest BCUT2D eigenvalue weighted by molar-refractivity contribution is -0.125. The van der Waals surface area contributed by atoms with E-state index in [1.165, 1.54) is 6.92 Å². The van der Waals surface area contributed by atoms with Crippen molar-refractivity contribution in [3.05, 3.63) is 36.2 Å². The molecule has 2 aromatic rings. The lowest BCUT2D eigenvalue weighted by Gasteiger charge is -2.07. The van der Waals surface area contributed by atoms with Gasteiger partial charge in [0.25, 0.3) is 0 Å². The molecule has 2 rings (SSSR count). The van der Waals surface area contributed by atoms with Crippen molar-refractivity contribution >= 4 is 17.3 Å². The normalized spacial score (nSPS) is 10.3. The molecule has 2 N–H and O–H groups in total. The van der Waals surface area contributed by atoms with Crippen molar-refractivity contribution in [3.8, 4) is 0 Å². The van der Waals surface area contributed by atoms with E-state index in [4.69, 9.17) is 0 Å². The molecule has 0 radical (unpaired) electrons. The molecule has 0 aliphatic rings. The quantitative estimate of drug-likeness (QED) is 0.802. The molecule has 94 valence electrons.